The molecule has 0 bridgehead atoms. The van der Waals surface area contributed by atoms with Crippen LogP contribution in [0.4, 0.5) is 0 Å². The second kappa shape index (κ2) is 5.41. The van der Waals surface area contributed by atoms with E-state index in [9.17, 15) is 4.79 Å². The summed E-state index contributed by atoms with van der Waals surface area (Å²) in [4.78, 5) is 18.4. The molecule has 2 aromatic rings. The molecule has 3 nitrogen and oxygen atoms in total. The Bertz CT molecular complexity index is 616. The fraction of sp³-hybridized carbons (Fsp3) is 0.471. The van der Waals surface area contributed by atoms with Crippen molar-refractivity contribution in [1.29, 1.82) is 0 Å². The van der Waals surface area contributed by atoms with Gasteiger partial charge < -0.3 is 4.98 Å². The molecule has 0 radical (unpaired) electrons. The van der Waals surface area contributed by atoms with E-state index in [0.29, 0.717) is 6.04 Å². The summed E-state index contributed by atoms with van der Waals surface area (Å²) in [5, 5.41) is 1.04. The van der Waals surface area contributed by atoms with Gasteiger partial charge in [0.15, 0.2) is 5.78 Å². The topological polar surface area (TPSA) is 36.1 Å². The van der Waals surface area contributed by atoms with Crippen LogP contribution in [0.2, 0.25) is 0 Å². The number of nitrogens with one attached hydrogen (secondary N) is 1. The number of benzene rings is 1. The van der Waals surface area contributed by atoms with Gasteiger partial charge in [-0.1, -0.05) is 24.6 Å². The Labute approximate surface area is 120 Å². The molecule has 1 saturated heterocycles. The minimum Gasteiger partial charge on any atom is -0.360 e. The highest BCUT2D eigenvalue weighted by Gasteiger charge is 2.29. The van der Waals surface area contributed by atoms with E-state index in [2.05, 4.69) is 16.8 Å². The molecule has 0 saturated carbocycles. The van der Waals surface area contributed by atoms with Gasteiger partial charge in [-0.25, -0.2) is 0 Å². The molecular weight excluding hydrogens is 248 g/mol. The summed E-state index contributed by atoms with van der Waals surface area (Å²) >= 11 is 0. The average Bonchev–Trinajstić information content (AvgIpc) is 2.90. The van der Waals surface area contributed by atoms with Gasteiger partial charge in [-0.15, -0.1) is 0 Å². The normalized spacial score (nSPS) is 22.0. The molecule has 0 amide bonds. The van der Waals surface area contributed by atoms with Gasteiger partial charge in [0.05, 0.1) is 6.04 Å². The zero-order valence-electron chi connectivity index (χ0n) is 12.2. The number of likely N-dealkylation sites (tertiary alicyclic amines) is 1. The first-order valence-electron chi connectivity index (χ1n) is 7.54. The van der Waals surface area contributed by atoms with E-state index in [4.69, 9.17) is 0 Å². The summed E-state index contributed by atoms with van der Waals surface area (Å²) in [6.07, 6.45) is 5.55. The summed E-state index contributed by atoms with van der Waals surface area (Å²) in [6.45, 7) is 5.32. The lowest BCUT2D eigenvalue weighted by atomic mass is 9.97. The second-order valence-electron chi connectivity index (χ2n) is 5.87. The Morgan fingerprint density at radius 3 is 2.95 bits per heavy atom. The van der Waals surface area contributed by atoms with Gasteiger partial charge in [0.1, 0.15) is 0 Å². The van der Waals surface area contributed by atoms with E-state index in [-0.39, 0.29) is 11.8 Å². The minimum atomic E-state index is -0.0375. The van der Waals surface area contributed by atoms with Crippen molar-refractivity contribution in [3.63, 3.8) is 0 Å². The number of fused-ring (bicyclic) bond motifs is 1. The number of H-pyrrole nitrogens is 1. The standard InChI is InChI=1S/C17H22N2O/c1-12-7-5-6-10-19(12)13(2)17(20)15-11-18-16-9-4-3-8-14(15)16/h3-4,8-9,11-13,18H,5-7,10H2,1-2H3/t12-,13+/m1/s1. The van der Waals surface area contributed by atoms with Crippen LogP contribution in [0.1, 0.15) is 43.5 Å². The molecule has 1 fully saturated rings. The Morgan fingerprint density at radius 2 is 2.15 bits per heavy atom. The number of aromatic nitrogens is 1. The second-order valence-corrected chi connectivity index (χ2v) is 5.87. The molecule has 1 aromatic carbocycles. The number of Topliss-reactive ketones (excluding diaryl/α,β-unsaturated/α-hetero) is 1. The van der Waals surface area contributed by atoms with Crippen LogP contribution in [0.5, 0.6) is 0 Å². The highest BCUT2D eigenvalue weighted by Crippen LogP contribution is 2.24. The number of piperidine rings is 1. The van der Waals surface area contributed by atoms with Crippen molar-refractivity contribution < 1.29 is 4.79 Å². The molecular formula is C17H22N2O. The van der Waals surface area contributed by atoms with Crippen molar-refractivity contribution in [1.82, 2.24) is 9.88 Å². The van der Waals surface area contributed by atoms with Gasteiger partial charge >= 0.3 is 0 Å². The number of para-hydroxylation sites is 1. The maximum absolute atomic E-state index is 12.8. The van der Waals surface area contributed by atoms with E-state index in [1.165, 1.54) is 19.3 Å². The molecule has 0 aliphatic carbocycles. The molecule has 3 rings (SSSR count). The molecule has 2 atom stereocenters. The third kappa shape index (κ3) is 2.27. The van der Waals surface area contributed by atoms with Gasteiger partial charge in [-0.2, -0.15) is 0 Å². The van der Waals surface area contributed by atoms with Crippen molar-refractivity contribution in [2.24, 2.45) is 0 Å². The quantitative estimate of drug-likeness (QED) is 0.865. The van der Waals surface area contributed by atoms with E-state index in [1.807, 2.05) is 37.4 Å². The van der Waals surface area contributed by atoms with E-state index >= 15 is 0 Å². The van der Waals surface area contributed by atoms with Gasteiger partial charge in [0, 0.05) is 28.7 Å². The largest absolute Gasteiger partial charge is 0.360 e. The van der Waals surface area contributed by atoms with E-state index in [1.54, 1.807) is 0 Å². The van der Waals surface area contributed by atoms with Crippen LogP contribution in [0.15, 0.2) is 30.5 Å². The van der Waals surface area contributed by atoms with Crippen molar-refractivity contribution in [3.8, 4) is 0 Å². The highest BCUT2D eigenvalue weighted by atomic mass is 16.1. The predicted octanol–water partition coefficient (Wildman–Crippen LogP) is 3.61. The Kier molecular flexibility index (Phi) is 3.62. The van der Waals surface area contributed by atoms with E-state index < -0.39 is 0 Å². The fourth-order valence-corrected chi connectivity index (χ4v) is 3.35. The monoisotopic (exact) mass is 270 g/mol. The van der Waals surface area contributed by atoms with Gasteiger partial charge in [0.2, 0.25) is 0 Å². The first kappa shape index (κ1) is 13.4. The summed E-state index contributed by atoms with van der Waals surface area (Å²) in [6, 6.07) is 8.48. The lowest BCUT2D eigenvalue weighted by Crippen LogP contribution is -2.47. The number of hydrogen-bond donors (Lipinski definition) is 1. The van der Waals surface area contributed by atoms with Crippen molar-refractivity contribution in [2.45, 2.75) is 45.2 Å². The summed E-state index contributed by atoms with van der Waals surface area (Å²) in [5.74, 6) is 0.233. The molecule has 20 heavy (non-hydrogen) atoms. The Morgan fingerprint density at radius 1 is 1.35 bits per heavy atom. The number of carbonyl (C=O) groups is 1. The highest BCUT2D eigenvalue weighted by molar-refractivity contribution is 6.10. The van der Waals surface area contributed by atoms with Crippen LogP contribution in [0.3, 0.4) is 0 Å². The number of rotatable bonds is 3. The summed E-state index contributed by atoms with van der Waals surface area (Å²) in [7, 11) is 0. The van der Waals surface area contributed by atoms with Crippen LogP contribution in [-0.2, 0) is 0 Å². The lowest BCUT2D eigenvalue weighted by molar-refractivity contribution is 0.0703. The molecule has 1 aliphatic rings. The molecule has 0 spiro atoms. The zero-order chi connectivity index (χ0) is 14.1. The molecule has 1 N–H and O–H groups in total. The Balaban J connectivity index is 1.88. The number of hydrogen-bond acceptors (Lipinski definition) is 2. The zero-order valence-corrected chi connectivity index (χ0v) is 12.2. The van der Waals surface area contributed by atoms with E-state index in [0.717, 1.165) is 23.0 Å². The van der Waals surface area contributed by atoms with Crippen molar-refractivity contribution in [2.75, 3.05) is 6.54 Å². The number of carbonyl (C=O) groups excluding carboxylic acids is 1. The van der Waals surface area contributed by atoms with Crippen molar-refractivity contribution >= 4 is 16.7 Å². The van der Waals surface area contributed by atoms with Gasteiger partial charge in [-0.05, 0) is 39.3 Å². The van der Waals surface area contributed by atoms with Crippen LogP contribution in [0.25, 0.3) is 10.9 Å². The Hall–Kier alpha value is -1.61. The third-order valence-electron chi connectivity index (χ3n) is 4.59. The summed E-state index contributed by atoms with van der Waals surface area (Å²) < 4.78 is 0. The summed E-state index contributed by atoms with van der Waals surface area (Å²) in [5.41, 5.74) is 1.86. The fourth-order valence-electron chi connectivity index (χ4n) is 3.35. The van der Waals surface area contributed by atoms with Crippen LogP contribution in [0, 0.1) is 0 Å². The van der Waals surface area contributed by atoms with Crippen LogP contribution >= 0.6 is 0 Å². The molecule has 3 heteroatoms. The number of nitrogens with zero attached hydrogens (tertiary/aromatic N) is 1. The molecule has 2 heterocycles. The minimum absolute atomic E-state index is 0.0375. The third-order valence-corrected chi connectivity index (χ3v) is 4.59. The predicted molar refractivity (Wildman–Crippen MR) is 82.1 cm³/mol. The van der Waals surface area contributed by atoms with Crippen LogP contribution in [-0.4, -0.2) is 34.3 Å². The number of aromatic amines is 1. The molecule has 106 valence electrons. The molecule has 0 unspecified atom stereocenters. The maximum Gasteiger partial charge on any atom is 0.181 e. The van der Waals surface area contributed by atoms with Crippen LogP contribution < -0.4 is 0 Å². The first-order chi connectivity index (χ1) is 9.68. The first-order valence-corrected chi connectivity index (χ1v) is 7.54. The molecule has 1 aromatic heterocycles. The van der Waals surface area contributed by atoms with Gasteiger partial charge in [-0.3, -0.25) is 9.69 Å². The average molecular weight is 270 g/mol. The number of ketones is 1. The molecule has 1 aliphatic heterocycles. The maximum atomic E-state index is 12.8. The SMILES string of the molecule is C[C@@H]1CCCCN1[C@@H](C)C(=O)c1c[nH]c2ccccc12. The van der Waals surface area contributed by atoms with Gasteiger partial charge in [0.25, 0.3) is 0 Å². The lowest BCUT2D eigenvalue weighted by Gasteiger charge is -2.37. The van der Waals surface area contributed by atoms with Crippen molar-refractivity contribution in [3.05, 3.63) is 36.0 Å². The smallest absolute Gasteiger partial charge is 0.181 e.